The number of carbonyl (C=O) groups is 2. The van der Waals surface area contributed by atoms with Gasteiger partial charge in [0.15, 0.2) is 5.76 Å². The molecule has 0 atom stereocenters. The molecule has 1 amide bonds. The summed E-state index contributed by atoms with van der Waals surface area (Å²) in [5, 5.41) is 2.45. The van der Waals surface area contributed by atoms with E-state index in [-0.39, 0.29) is 24.6 Å². The monoisotopic (exact) mass is 355 g/mol. The number of ketones is 1. The Morgan fingerprint density at radius 1 is 1.19 bits per heavy atom. The summed E-state index contributed by atoms with van der Waals surface area (Å²) in [6, 6.07) is 9.86. The van der Waals surface area contributed by atoms with Gasteiger partial charge in [-0.1, -0.05) is 12.1 Å². The van der Waals surface area contributed by atoms with E-state index in [2.05, 4.69) is 15.3 Å². The summed E-state index contributed by atoms with van der Waals surface area (Å²) in [5.41, 5.74) is 0.437. The van der Waals surface area contributed by atoms with E-state index in [9.17, 15) is 18.8 Å². The summed E-state index contributed by atoms with van der Waals surface area (Å²) in [7, 11) is 0. The highest BCUT2D eigenvalue weighted by Crippen LogP contribution is 2.14. The fourth-order valence-corrected chi connectivity index (χ4v) is 2.31. The van der Waals surface area contributed by atoms with Crippen molar-refractivity contribution < 1.29 is 18.4 Å². The fourth-order valence-electron chi connectivity index (χ4n) is 2.31. The molecule has 26 heavy (non-hydrogen) atoms. The highest BCUT2D eigenvalue weighted by atomic mass is 19.1. The van der Waals surface area contributed by atoms with Crippen LogP contribution in [0.2, 0.25) is 0 Å². The Morgan fingerprint density at radius 2 is 2.04 bits per heavy atom. The van der Waals surface area contributed by atoms with Gasteiger partial charge in [-0.3, -0.25) is 14.4 Å². The fraction of sp³-hybridized carbons (Fsp3) is 0.111. The van der Waals surface area contributed by atoms with E-state index in [1.54, 1.807) is 6.07 Å². The predicted octanol–water partition coefficient (Wildman–Crippen LogP) is 1.71. The molecule has 3 aromatic rings. The Balaban J connectivity index is 1.66. The molecule has 0 fully saturated rings. The van der Waals surface area contributed by atoms with Crippen molar-refractivity contribution in [2.24, 2.45) is 0 Å². The first kappa shape index (κ1) is 17.3. The van der Waals surface area contributed by atoms with Crippen molar-refractivity contribution in [3.8, 4) is 11.4 Å². The lowest BCUT2D eigenvalue weighted by Crippen LogP contribution is -2.32. The number of carbonyl (C=O) groups excluding carboxylic acids is 2. The van der Waals surface area contributed by atoms with Gasteiger partial charge in [-0.05, 0) is 24.3 Å². The largest absolute Gasteiger partial charge is 0.461 e. The number of aromatic amines is 1. The molecule has 0 aliphatic carbocycles. The Morgan fingerprint density at radius 3 is 2.77 bits per heavy atom. The zero-order valence-corrected chi connectivity index (χ0v) is 13.5. The molecule has 0 saturated heterocycles. The van der Waals surface area contributed by atoms with E-state index in [0.717, 1.165) is 0 Å². The van der Waals surface area contributed by atoms with Crippen LogP contribution in [-0.2, 0) is 11.2 Å². The number of H-pyrrole nitrogens is 1. The van der Waals surface area contributed by atoms with Gasteiger partial charge in [0.2, 0.25) is 0 Å². The second kappa shape index (κ2) is 7.56. The van der Waals surface area contributed by atoms with Gasteiger partial charge in [0.1, 0.15) is 11.6 Å². The number of benzene rings is 1. The van der Waals surface area contributed by atoms with Crippen LogP contribution in [0.15, 0.2) is 57.9 Å². The van der Waals surface area contributed by atoms with Crippen molar-refractivity contribution in [1.82, 2.24) is 15.3 Å². The molecule has 8 heteroatoms. The van der Waals surface area contributed by atoms with Crippen molar-refractivity contribution in [2.45, 2.75) is 6.42 Å². The average Bonchev–Trinajstić information content (AvgIpc) is 3.15. The maximum absolute atomic E-state index is 13.3. The van der Waals surface area contributed by atoms with Crippen molar-refractivity contribution in [3.63, 3.8) is 0 Å². The summed E-state index contributed by atoms with van der Waals surface area (Å²) in [6.07, 6.45) is 1.53. The molecule has 2 heterocycles. The number of Topliss-reactive ketones (excluding diaryl/α,β-unsaturated/α-hetero) is 1. The lowest BCUT2D eigenvalue weighted by atomic mass is 10.2. The number of furan rings is 1. The van der Waals surface area contributed by atoms with Crippen molar-refractivity contribution in [1.29, 1.82) is 0 Å². The molecular formula is C18H14FN3O4. The van der Waals surface area contributed by atoms with E-state index in [4.69, 9.17) is 4.42 Å². The van der Waals surface area contributed by atoms with Gasteiger partial charge in [-0.2, -0.15) is 0 Å². The molecule has 0 saturated carbocycles. The van der Waals surface area contributed by atoms with Gasteiger partial charge < -0.3 is 14.7 Å². The molecule has 7 nitrogen and oxygen atoms in total. The molecule has 0 aliphatic rings. The van der Waals surface area contributed by atoms with E-state index in [1.807, 2.05) is 0 Å². The molecule has 2 N–H and O–H groups in total. The van der Waals surface area contributed by atoms with Crippen LogP contribution < -0.4 is 10.9 Å². The third kappa shape index (κ3) is 4.10. The first-order valence-electron chi connectivity index (χ1n) is 7.75. The second-order valence-electron chi connectivity index (χ2n) is 5.41. The summed E-state index contributed by atoms with van der Waals surface area (Å²) in [6.45, 7) is 0.102. The third-order valence-electron chi connectivity index (χ3n) is 3.51. The Bertz CT molecular complexity index is 996. The molecular weight excluding hydrogens is 341 g/mol. The number of nitrogens with zero attached hydrogens (tertiary/aromatic N) is 1. The zero-order chi connectivity index (χ0) is 18.5. The van der Waals surface area contributed by atoms with Gasteiger partial charge in [0, 0.05) is 24.6 Å². The van der Waals surface area contributed by atoms with Crippen LogP contribution in [0.1, 0.15) is 16.2 Å². The van der Waals surface area contributed by atoms with Crippen LogP contribution in [-0.4, -0.2) is 28.2 Å². The maximum Gasteiger partial charge on any atom is 0.295 e. The first-order valence-corrected chi connectivity index (χ1v) is 7.75. The molecule has 2 aromatic heterocycles. The van der Waals surface area contributed by atoms with E-state index >= 15 is 0 Å². The van der Waals surface area contributed by atoms with Crippen molar-refractivity contribution in [3.05, 3.63) is 76.4 Å². The van der Waals surface area contributed by atoms with Gasteiger partial charge in [-0.25, -0.2) is 9.37 Å². The molecule has 0 aliphatic heterocycles. The van der Waals surface area contributed by atoms with E-state index in [0.29, 0.717) is 11.3 Å². The zero-order valence-electron chi connectivity index (χ0n) is 13.5. The highest BCUT2D eigenvalue weighted by molar-refractivity contribution is 6.42. The Hall–Kier alpha value is -3.55. The quantitative estimate of drug-likeness (QED) is 0.517. The molecule has 0 unspecified atom stereocenters. The Labute approximate surface area is 146 Å². The van der Waals surface area contributed by atoms with Crippen LogP contribution in [0.25, 0.3) is 11.4 Å². The number of halogens is 1. The minimum atomic E-state index is -0.810. The normalized spacial score (nSPS) is 10.5. The molecule has 1 aromatic carbocycles. The number of amides is 1. The number of hydrogen-bond acceptors (Lipinski definition) is 5. The molecule has 3 rings (SSSR count). The number of hydrogen-bond donors (Lipinski definition) is 2. The lowest BCUT2D eigenvalue weighted by Gasteiger charge is -2.06. The minimum absolute atomic E-state index is 0.0508. The second-order valence-corrected chi connectivity index (χ2v) is 5.41. The SMILES string of the molecule is O=C(NCCc1cc(=O)[nH]c(-c2cccc(F)c2)n1)C(=O)c1ccco1. The van der Waals surface area contributed by atoms with Crippen molar-refractivity contribution >= 4 is 11.7 Å². The lowest BCUT2D eigenvalue weighted by molar-refractivity contribution is -0.117. The molecule has 0 spiro atoms. The standard InChI is InChI=1S/C18H14FN3O4/c19-12-4-1-3-11(9-12)17-21-13(10-15(23)22-17)6-7-20-18(25)16(24)14-5-2-8-26-14/h1-5,8-10H,6-7H2,(H,20,25)(H,21,22,23). The summed E-state index contributed by atoms with van der Waals surface area (Å²) in [5.74, 6) is -1.86. The van der Waals surface area contributed by atoms with E-state index in [1.165, 1.54) is 42.7 Å². The van der Waals surface area contributed by atoms with Crippen LogP contribution in [0.3, 0.4) is 0 Å². The van der Waals surface area contributed by atoms with Gasteiger partial charge in [-0.15, -0.1) is 0 Å². The highest BCUT2D eigenvalue weighted by Gasteiger charge is 2.18. The third-order valence-corrected chi connectivity index (χ3v) is 3.51. The van der Waals surface area contributed by atoms with Crippen molar-refractivity contribution in [2.75, 3.05) is 6.54 Å². The first-order chi connectivity index (χ1) is 12.5. The van der Waals surface area contributed by atoms with Gasteiger partial charge in [0.05, 0.1) is 12.0 Å². The van der Waals surface area contributed by atoms with Crippen LogP contribution in [0, 0.1) is 5.82 Å². The topological polar surface area (TPSA) is 105 Å². The maximum atomic E-state index is 13.3. The summed E-state index contributed by atoms with van der Waals surface area (Å²) in [4.78, 5) is 42.1. The molecule has 132 valence electrons. The number of nitrogens with one attached hydrogen (secondary N) is 2. The van der Waals surface area contributed by atoms with Gasteiger partial charge in [0.25, 0.3) is 17.2 Å². The van der Waals surface area contributed by atoms with Gasteiger partial charge >= 0.3 is 0 Å². The predicted molar refractivity (Wildman–Crippen MR) is 90.0 cm³/mol. The van der Waals surface area contributed by atoms with Crippen LogP contribution in [0.4, 0.5) is 4.39 Å². The number of rotatable bonds is 6. The smallest absolute Gasteiger partial charge is 0.295 e. The number of aromatic nitrogens is 2. The molecule has 0 bridgehead atoms. The summed E-state index contributed by atoms with van der Waals surface area (Å²) < 4.78 is 18.2. The minimum Gasteiger partial charge on any atom is -0.461 e. The average molecular weight is 355 g/mol. The summed E-state index contributed by atoms with van der Waals surface area (Å²) >= 11 is 0. The van der Waals surface area contributed by atoms with Crippen LogP contribution >= 0.6 is 0 Å². The Kier molecular flexibility index (Phi) is 5.02. The van der Waals surface area contributed by atoms with Crippen LogP contribution in [0.5, 0.6) is 0 Å². The molecule has 0 radical (unpaired) electrons. The van der Waals surface area contributed by atoms with E-state index < -0.39 is 23.1 Å².